The Morgan fingerprint density at radius 2 is 2.00 bits per heavy atom. The number of anilines is 1. The topological polar surface area (TPSA) is 58.6 Å². The first-order chi connectivity index (χ1) is 7.86. The standard InChI is InChI=1S/C11H18N2O3S/c1-5-16-11-7-6-10(8-9(11)2)12-17(14,15)13(3)4/h6-8,12H,5H2,1-4H3. The molecule has 5 nitrogen and oxygen atoms in total. The molecule has 0 saturated heterocycles. The molecule has 96 valence electrons. The highest BCUT2D eigenvalue weighted by molar-refractivity contribution is 7.90. The molecule has 6 heteroatoms. The minimum Gasteiger partial charge on any atom is -0.494 e. The Balaban J connectivity index is 2.92. The van der Waals surface area contributed by atoms with E-state index in [9.17, 15) is 8.42 Å². The van der Waals surface area contributed by atoms with E-state index >= 15 is 0 Å². The molecule has 0 aliphatic carbocycles. The lowest BCUT2D eigenvalue weighted by atomic mass is 10.2. The summed E-state index contributed by atoms with van der Waals surface area (Å²) < 4.78 is 32.2. The molecule has 1 N–H and O–H groups in total. The van der Waals surface area contributed by atoms with Crippen LogP contribution in [0.1, 0.15) is 12.5 Å². The Kier molecular flexibility index (Phi) is 4.36. The number of benzene rings is 1. The van der Waals surface area contributed by atoms with E-state index in [-0.39, 0.29) is 0 Å². The van der Waals surface area contributed by atoms with Crippen molar-refractivity contribution in [3.8, 4) is 5.75 Å². The molecule has 17 heavy (non-hydrogen) atoms. The largest absolute Gasteiger partial charge is 0.494 e. The van der Waals surface area contributed by atoms with Gasteiger partial charge in [0.1, 0.15) is 5.75 Å². The average molecular weight is 258 g/mol. The van der Waals surface area contributed by atoms with Crippen molar-refractivity contribution in [3.63, 3.8) is 0 Å². The summed E-state index contributed by atoms with van der Waals surface area (Å²) in [6.45, 7) is 4.37. The van der Waals surface area contributed by atoms with Crippen LogP contribution in [-0.2, 0) is 10.2 Å². The molecule has 0 fully saturated rings. The lowest BCUT2D eigenvalue weighted by molar-refractivity contribution is 0.338. The van der Waals surface area contributed by atoms with Gasteiger partial charge < -0.3 is 4.74 Å². The van der Waals surface area contributed by atoms with Gasteiger partial charge in [-0.3, -0.25) is 4.72 Å². The number of hydrogen-bond donors (Lipinski definition) is 1. The van der Waals surface area contributed by atoms with Crippen LogP contribution in [0, 0.1) is 6.92 Å². The Morgan fingerprint density at radius 3 is 2.47 bits per heavy atom. The summed E-state index contributed by atoms with van der Waals surface area (Å²) in [5, 5.41) is 0. The summed E-state index contributed by atoms with van der Waals surface area (Å²) in [5.74, 6) is 0.764. The van der Waals surface area contributed by atoms with Gasteiger partial charge in [0.15, 0.2) is 0 Å². The van der Waals surface area contributed by atoms with Gasteiger partial charge in [-0.1, -0.05) is 0 Å². The summed E-state index contributed by atoms with van der Waals surface area (Å²) in [6, 6.07) is 5.18. The molecule has 0 saturated carbocycles. The summed E-state index contributed by atoms with van der Waals surface area (Å²) in [7, 11) is -0.499. The molecule has 0 aliphatic rings. The van der Waals surface area contributed by atoms with Crippen molar-refractivity contribution in [2.45, 2.75) is 13.8 Å². The first-order valence-corrected chi connectivity index (χ1v) is 6.74. The second-order valence-electron chi connectivity index (χ2n) is 3.80. The third-order valence-electron chi connectivity index (χ3n) is 2.20. The van der Waals surface area contributed by atoms with Crippen LogP contribution in [-0.4, -0.2) is 33.4 Å². The zero-order chi connectivity index (χ0) is 13.1. The molecular weight excluding hydrogens is 240 g/mol. The van der Waals surface area contributed by atoms with Crippen molar-refractivity contribution in [2.75, 3.05) is 25.4 Å². The van der Waals surface area contributed by atoms with E-state index in [1.54, 1.807) is 18.2 Å². The predicted molar refractivity (Wildman–Crippen MR) is 68.6 cm³/mol. The van der Waals surface area contributed by atoms with Crippen LogP contribution in [0.5, 0.6) is 5.75 Å². The van der Waals surface area contributed by atoms with E-state index in [1.165, 1.54) is 14.1 Å². The second-order valence-corrected chi connectivity index (χ2v) is 5.69. The van der Waals surface area contributed by atoms with Crippen LogP contribution < -0.4 is 9.46 Å². The van der Waals surface area contributed by atoms with Crippen LogP contribution in [0.3, 0.4) is 0 Å². The molecule has 0 atom stereocenters. The Labute approximate surface area is 103 Å². The molecule has 0 aromatic heterocycles. The van der Waals surface area contributed by atoms with E-state index < -0.39 is 10.2 Å². The number of rotatable bonds is 5. The predicted octanol–water partition coefficient (Wildman–Crippen LogP) is 1.61. The van der Waals surface area contributed by atoms with E-state index in [2.05, 4.69) is 4.72 Å². The molecule has 1 aromatic carbocycles. The van der Waals surface area contributed by atoms with Crippen LogP contribution in [0.2, 0.25) is 0 Å². The van der Waals surface area contributed by atoms with E-state index in [0.717, 1.165) is 15.6 Å². The smallest absolute Gasteiger partial charge is 0.301 e. The summed E-state index contributed by atoms with van der Waals surface area (Å²) in [6.07, 6.45) is 0. The number of nitrogens with one attached hydrogen (secondary N) is 1. The van der Waals surface area contributed by atoms with Gasteiger partial charge in [-0.15, -0.1) is 0 Å². The summed E-state index contributed by atoms with van der Waals surface area (Å²) >= 11 is 0. The zero-order valence-corrected chi connectivity index (χ0v) is 11.3. The summed E-state index contributed by atoms with van der Waals surface area (Å²) in [5.41, 5.74) is 1.42. The van der Waals surface area contributed by atoms with Gasteiger partial charge in [-0.05, 0) is 37.6 Å². The summed E-state index contributed by atoms with van der Waals surface area (Å²) in [4.78, 5) is 0. The number of nitrogens with zero attached hydrogens (tertiary/aromatic N) is 1. The molecule has 0 bridgehead atoms. The van der Waals surface area contributed by atoms with Crippen molar-refractivity contribution in [3.05, 3.63) is 23.8 Å². The number of hydrogen-bond acceptors (Lipinski definition) is 3. The van der Waals surface area contributed by atoms with Gasteiger partial charge in [0.2, 0.25) is 0 Å². The van der Waals surface area contributed by atoms with Gasteiger partial charge in [0.05, 0.1) is 12.3 Å². The first-order valence-electron chi connectivity index (χ1n) is 5.30. The highest BCUT2D eigenvalue weighted by Gasteiger charge is 2.13. The quantitative estimate of drug-likeness (QED) is 0.873. The monoisotopic (exact) mass is 258 g/mol. The Hall–Kier alpha value is -1.27. The minimum absolute atomic E-state index is 0.527. The van der Waals surface area contributed by atoms with Gasteiger partial charge >= 0.3 is 10.2 Å². The molecule has 0 heterocycles. The van der Waals surface area contributed by atoms with Crippen molar-refractivity contribution in [1.82, 2.24) is 4.31 Å². The molecule has 0 unspecified atom stereocenters. The molecule has 1 rings (SSSR count). The number of ether oxygens (including phenoxy) is 1. The van der Waals surface area contributed by atoms with E-state index in [4.69, 9.17) is 4.74 Å². The SMILES string of the molecule is CCOc1ccc(NS(=O)(=O)N(C)C)cc1C. The molecule has 0 spiro atoms. The molecule has 0 aliphatic heterocycles. The molecular formula is C11H18N2O3S. The Morgan fingerprint density at radius 1 is 1.35 bits per heavy atom. The number of aryl methyl sites for hydroxylation is 1. The highest BCUT2D eigenvalue weighted by Crippen LogP contribution is 2.22. The van der Waals surface area contributed by atoms with Crippen molar-refractivity contribution >= 4 is 15.9 Å². The van der Waals surface area contributed by atoms with Crippen molar-refractivity contribution in [1.29, 1.82) is 0 Å². The second kappa shape index (κ2) is 5.37. The van der Waals surface area contributed by atoms with Crippen LogP contribution >= 0.6 is 0 Å². The first kappa shape index (κ1) is 13.8. The fourth-order valence-electron chi connectivity index (χ4n) is 1.27. The van der Waals surface area contributed by atoms with Crippen molar-refractivity contribution in [2.24, 2.45) is 0 Å². The maximum atomic E-state index is 11.6. The minimum atomic E-state index is -3.45. The maximum Gasteiger partial charge on any atom is 0.301 e. The van der Waals surface area contributed by atoms with Crippen LogP contribution in [0.4, 0.5) is 5.69 Å². The van der Waals surface area contributed by atoms with Gasteiger partial charge in [0.25, 0.3) is 0 Å². The molecule has 0 amide bonds. The van der Waals surface area contributed by atoms with Crippen molar-refractivity contribution < 1.29 is 13.2 Å². The molecule has 0 radical (unpaired) electrons. The lowest BCUT2D eigenvalue weighted by Gasteiger charge is -2.14. The maximum absolute atomic E-state index is 11.6. The van der Waals surface area contributed by atoms with Gasteiger partial charge in [0, 0.05) is 14.1 Å². The van der Waals surface area contributed by atoms with Crippen LogP contribution in [0.25, 0.3) is 0 Å². The van der Waals surface area contributed by atoms with Crippen LogP contribution in [0.15, 0.2) is 18.2 Å². The highest BCUT2D eigenvalue weighted by atomic mass is 32.2. The van der Waals surface area contributed by atoms with E-state index in [0.29, 0.717) is 12.3 Å². The average Bonchev–Trinajstić information content (AvgIpc) is 2.21. The Bertz CT molecular complexity index is 483. The van der Waals surface area contributed by atoms with Gasteiger partial charge in [-0.25, -0.2) is 0 Å². The normalized spacial score (nSPS) is 11.6. The van der Waals surface area contributed by atoms with E-state index in [1.807, 2.05) is 13.8 Å². The van der Waals surface area contributed by atoms with Gasteiger partial charge in [-0.2, -0.15) is 12.7 Å². The lowest BCUT2D eigenvalue weighted by Crippen LogP contribution is -2.28. The fourth-order valence-corrected chi connectivity index (χ4v) is 1.88. The fraction of sp³-hybridized carbons (Fsp3) is 0.455. The zero-order valence-electron chi connectivity index (χ0n) is 10.5. The third kappa shape index (κ3) is 3.61. The molecule has 1 aromatic rings. The third-order valence-corrected chi connectivity index (χ3v) is 3.66.